The fourth-order valence-electron chi connectivity index (χ4n) is 4.75. The molecule has 6 heterocycles. The Labute approximate surface area is 298 Å². The Morgan fingerprint density at radius 3 is 1.56 bits per heavy atom. The van der Waals surface area contributed by atoms with E-state index >= 15 is 0 Å². The van der Waals surface area contributed by atoms with E-state index in [-0.39, 0.29) is 0 Å². The molecule has 0 aliphatic rings. The standard InChI is InChI=1S/C12H18N4.2C11H14N4.ClH.Os/c1-3-12(16-7-5-14-10-16)8-11(2)15-6-4-13-9-15;2*1-2-3-8-15-9-11(13-14-15)10-6-4-5-7-12-10;;/h4-7,9-12H,3,8H2,1-2H3;2*4-7,9H,2-3,8H2,1H3;1H;/q;;;;+1/p-1. The summed E-state index contributed by atoms with van der Waals surface area (Å²) in [6, 6.07) is 12.5. The molecular weight excluding hydrogens is 802 g/mol. The van der Waals surface area contributed by atoms with Gasteiger partial charge in [-0.1, -0.05) is 56.2 Å². The van der Waals surface area contributed by atoms with Crippen LogP contribution in [0.4, 0.5) is 0 Å². The summed E-state index contributed by atoms with van der Waals surface area (Å²) in [5.74, 6) is 0. The number of nitrogens with zero attached hydrogens (tertiary/aromatic N) is 12. The van der Waals surface area contributed by atoms with Crippen LogP contribution < -0.4 is 0 Å². The molecule has 0 bridgehead atoms. The Morgan fingerprint density at radius 2 is 1.17 bits per heavy atom. The molecular formula is C34H46ClN12Os. The van der Waals surface area contributed by atoms with Crippen molar-refractivity contribution in [1.29, 1.82) is 0 Å². The van der Waals surface area contributed by atoms with Crippen LogP contribution in [0.1, 0.15) is 78.3 Å². The van der Waals surface area contributed by atoms with Crippen LogP contribution in [-0.2, 0) is 30.7 Å². The van der Waals surface area contributed by atoms with Gasteiger partial charge in [0.15, 0.2) is 0 Å². The van der Waals surface area contributed by atoms with E-state index in [1.807, 2.05) is 95.6 Å². The fraction of sp³-hybridized carbons (Fsp3) is 0.412. The second-order valence-corrected chi connectivity index (χ2v) is 11.0. The first-order valence-electron chi connectivity index (χ1n) is 16.3. The van der Waals surface area contributed by atoms with E-state index in [9.17, 15) is 0 Å². The number of hydrogen-bond donors (Lipinski definition) is 0. The topological polar surface area (TPSA) is 123 Å². The van der Waals surface area contributed by atoms with E-state index in [1.165, 1.54) is 30.4 Å². The van der Waals surface area contributed by atoms with Crippen LogP contribution >= 0.6 is 9.64 Å². The van der Waals surface area contributed by atoms with Crippen molar-refractivity contribution < 1.29 is 17.6 Å². The molecule has 14 heteroatoms. The van der Waals surface area contributed by atoms with E-state index < -0.39 is 0 Å². The molecule has 0 spiro atoms. The molecule has 0 amide bonds. The molecule has 0 saturated carbocycles. The summed E-state index contributed by atoms with van der Waals surface area (Å²) >= 11 is 1.33. The van der Waals surface area contributed by atoms with Gasteiger partial charge in [0, 0.05) is 62.4 Å². The van der Waals surface area contributed by atoms with E-state index in [2.05, 4.69) is 87.0 Å². The third-order valence-corrected chi connectivity index (χ3v) is 7.48. The van der Waals surface area contributed by atoms with Gasteiger partial charge in [-0.2, -0.15) is 0 Å². The SMILES string of the molecule is CCC(CC(C)n1ccnc1)n1ccnc1.CCCCn1cc(-c2ccccn2)nn1.CCCCn1cc(-c2ccccn2)nn1.[Cl][Os]. The van der Waals surface area contributed by atoms with Crippen molar-refractivity contribution in [1.82, 2.24) is 59.1 Å². The van der Waals surface area contributed by atoms with Gasteiger partial charge in [0.05, 0.1) is 36.4 Å². The van der Waals surface area contributed by atoms with Crippen molar-refractivity contribution in [2.24, 2.45) is 0 Å². The van der Waals surface area contributed by atoms with Crippen molar-refractivity contribution in [3.8, 4) is 22.8 Å². The maximum atomic E-state index is 4.67. The quantitative estimate of drug-likeness (QED) is 0.116. The van der Waals surface area contributed by atoms with Crippen LogP contribution in [0.25, 0.3) is 22.8 Å². The van der Waals surface area contributed by atoms with Crippen LogP contribution in [0.5, 0.6) is 0 Å². The average molecular weight is 849 g/mol. The third-order valence-electron chi connectivity index (χ3n) is 7.48. The first-order chi connectivity index (χ1) is 23.6. The molecule has 0 aliphatic carbocycles. The van der Waals surface area contributed by atoms with Crippen molar-refractivity contribution in [2.45, 2.75) is 91.4 Å². The molecule has 0 saturated heterocycles. The van der Waals surface area contributed by atoms with E-state index in [4.69, 9.17) is 0 Å². The van der Waals surface area contributed by atoms with Crippen LogP contribution in [0.3, 0.4) is 0 Å². The summed E-state index contributed by atoms with van der Waals surface area (Å²) in [5.41, 5.74) is 3.43. The second-order valence-electron chi connectivity index (χ2n) is 11.0. The van der Waals surface area contributed by atoms with Crippen molar-refractivity contribution >= 4 is 9.64 Å². The molecule has 6 rings (SSSR count). The summed E-state index contributed by atoms with van der Waals surface area (Å²) in [7, 11) is 4.67. The molecule has 2 atom stereocenters. The molecule has 0 fully saturated rings. The molecule has 0 aliphatic heterocycles. The van der Waals surface area contributed by atoms with Gasteiger partial charge < -0.3 is 9.13 Å². The molecule has 6 aromatic heterocycles. The summed E-state index contributed by atoms with van der Waals surface area (Å²) in [5, 5.41) is 16.3. The number of hydrogen-bond acceptors (Lipinski definition) is 8. The van der Waals surface area contributed by atoms with Crippen LogP contribution in [0, 0.1) is 0 Å². The van der Waals surface area contributed by atoms with Gasteiger partial charge in [-0.15, -0.1) is 10.2 Å². The summed E-state index contributed by atoms with van der Waals surface area (Å²) in [4.78, 5) is 16.6. The molecule has 6 aromatic rings. The third kappa shape index (κ3) is 12.8. The van der Waals surface area contributed by atoms with Gasteiger partial charge in [0.1, 0.15) is 11.4 Å². The molecule has 0 aromatic carbocycles. The Hall–Kier alpha value is -4.07. The first-order valence-corrected chi connectivity index (χ1v) is 19.5. The van der Waals surface area contributed by atoms with Gasteiger partial charge in [-0.25, -0.2) is 9.97 Å². The van der Waals surface area contributed by atoms with Gasteiger partial charge in [0.25, 0.3) is 0 Å². The van der Waals surface area contributed by atoms with Crippen molar-refractivity contribution in [2.75, 3.05) is 0 Å². The number of unbranched alkanes of at least 4 members (excludes halogenated alkanes) is 2. The molecule has 12 nitrogen and oxygen atoms in total. The molecule has 0 N–H and O–H groups in total. The first kappa shape index (κ1) is 38.4. The number of pyridine rings is 2. The number of aryl methyl sites for hydroxylation is 2. The number of rotatable bonds is 13. The monoisotopic (exact) mass is 849 g/mol. The molecule has 257 valence electrons. The zero-order valence-corrected chi connectivity index (χ0v) is 31.4. The van der Waals surface area contributed by atoms with Crippen molar-refractivity contribution in [3.63, 3.8) is 0 Å². The van der Waals surface area contributed by atoms with Gasteiger partial charge in [-0.3, -0.25) is 19.3 Å². The van der Waals surface area contributed by atoms with Gasteiger partial charge in [0.2, 0.25) is 0 Å². The average Bonchev–Trinajstić information content (AvgIpc) is 3.99. The summed E-state index contributed by atoms with van der Waals surface area (Å²) in [6.07, 6.45) is 25.7. The zero-order valence-electron chi connectivity index (χ0n) is 28.1. The Bertz CT molecular complexity index is 1520. The molecule has 48 heavy (non-hydrogen) atoms. The van der Waals surface area contributed by atoms with E-state index in [0.717, 1.165) is 61.5 Å². The van der Waals surface area contributed by atoms with Crippen LogP contribution in [0.15, 0.2) is 98.6 Å². The number of halogens is 1. The van der Waals surface area contributed by atoms with Crippen molar-refractivity contribution in [3.05, 3.63) is 98.6 Å². The minimum atomic E-state index is 0.467. The Kier molecular flexibility index (Phi) is 18.0. The predicted octanol–water partition coefficient (Wildman–Crippen LogP) is 7.65. The maximum absolute atomic E-state index is 4.67. The predicted molar refractivity (Wildman–Crippen MR) is 185 cm³/mol. The normalized spacial score (nSPS) is 11.6. The van der Waals surface area contributed by atoms with Gasteiger partial charge >= 0.3 is 27.2 Å². The fourth-order valence-corrected chi connectivity index (χ4v) is 4.75. The number of aromatic nitrogens is 12. The summed E-state index contributed by atoms with van der Waals surface area (Å²) in [6.45, 7) is 10.6. The summed E-state index contributed by atoms with van der Waals surface area (Å²) < 4.78 is 8.08. The minimum absolute atomic E-state index is 0.467. The molecule has 0 radical (unpaired) electrons. The van der Waals surface area contributed by atoms with E-state index in [0.29, 0.717) is 12.1 Å². The van der Waals surface area contributed by atoms with Gasteiger partial charge in [-0.05, 0) is 56.9 Å². The Morgan fingerprint density at radius 1 is 0.667 bits per heavy atom. The molecule has 2 unspecified atom stereocenters. The second kappa shape index (κ2) is 22.5. The Balaban J connectivity index is 0.000000190. The number of imidazole rings is 2. The van der Waals surface area contributed by atoms with E-state index in [1.54, 1.807) is 12.4 Å². The van der Waals surface area contributed by atoms with Crippen LogP contribution in [-0.4, -0.2) is 59.1 Å². The van der Waals surface area contributed by atoms with Crippen LogP contribution in [0.2, 0.25) is 0 Å². The zero-order chi connectivity index (χ0) is 34.4.